The van der Waals surface area contributed by atoms with Gasteiger partial charge in [-0.1, -0.05) is 25.1 Å². The predicted molar refractivity (Wildman–Crippen MR) is 80.6 cm³/mol. The smallest absolute Gasteiger partial charge is 0.0804 e. The fourth-order valence-corrected chi connectivity index (χ4v) is 4.20. The lowest BCUT2D eigenvalue weighted by atomic mass is 9.94. The molecule has 0 saturated carbocycles. The van der Waals surface area contributed by atoms with Gasteiger partial charge in [-0.25, -0.2) is 0 Å². The number of aliphatic hydroxyl groups is 1. The maximum atomic E-state index is 10.7. The van der Waals surface area contributed by atoms with Crippen molar-refractivity contribution in [3.05, 3.63) is 30.0 Å². The summed E-state index contributed by atoms with van der Waals surface area (Å²) in [4.78, 5) is 0. The molecule has 0 amide bonds. The van der Waals surface area contributed by atoms with E-state index < -0.39 is 5.60 Å². The summed E-state index contributed by atoms with van der Waals surface area (Å²) >= 11 is 1.86. The number of nitrogens with zero attached hydrogens (tertiary/aromatic N) is 2. The summed E-state index contributed by atoms with van der Waals surface area (Å²) in [5, 5.41) is 17.1. The van der Waals surface area contributed by atoms with Crippen LogP contribution in [0.3, 0.4) is 0 Å². The second-order valence-corrected chi connectivity index (χ2v) is 6.93. The summed E-state index contributed by atoms with van der Waals surface area (Å²) in [6, 6.07) is 8.30. The maximum Gasteiger partial charge on any atom is 0.0804 e. The molecule has 19 heavy (non-hydrogen) atoms. The largest absolute Gasteiger partial charge is 0.389 e. The van der Waals surface area contributed by atoms with Crippen molar-refractivity contribution in [1.29, 1.82) is 0 Å². The summed E-state index contributed by atoms with van der Waals surface area (Å²) < 4.78 is 2.03. The molecular weight excluding hydrogens is 256 g/mol. The minimum atomic E-state index is -0.584. The summed E-state index contributed by atoms with van der Waals surface area (Å²) in [5.74, 6) is 0.821. The van der Waals surface area contributed by atoms with Crippen molar-refractivity contribution in [3.63, 3.8) is 0 Å². The lowest BCUT2D eigenvalue weighted by Crippen LogP contribution is -2.31. The standard InChI is InChI=1S/C15H20N2OS/c1-3-17-14-7-5-4-6-12(14)13(16-17)9-15(18)8-11(2)19-10-15/h4-7,11,18H,3,8-10H2,1-2H3. The normalized spacial score (nSPS) is 27.2. The Hall–Kier alpha value is -1.00. The first kappa shape index (κ1) is 13.0. The fraction of sp³-hybridized carbons (Fsp3) is 0.533. The number of para-hydroxylation sites is 1. The molecule has 4 heteroatoms. The molecule has 2 heterocycles. The van der Waals surface area contributed by atoms with Gasteiger partial charge in [-0.05, 0) is 19.4 Å². The molecule has 102 valence electrons. The number of benzene rings is 1. The third-order valence-electron chi connectivity index (χ3n) is 3.83. The molecule has 0 radical (unpaired) electrons. The lowest BCUT2D eigenvalue weighted by Gasteiger charge is -2.20. The van der Waals surface area contributed by atoms with Crippen LogP contribution in [0, 0.1) is 0 Å². The number of hydrogen-bond acceptors (Lipinski definition) is 3. The molecule has 1 N–H and O–H groups in total. The molecule has 1 aliphatic heterocycles. The van der Waals surface area contributed by atoms with Crippen LogP contribution in [-0.4, -0.2) is 31.5 Å². The third-order valence-corrected chi connectivity index (χ3v) is 5.27. The molecule has 1 saturated heterocycles. The molecule has 1 aromatic heterocycles. The van der Waals surface area contributed by atoms with Crippen LogP contribution in [-0.2, 0) is 13.0 Å². The number of fused-ring (bicyclic) bond motifs is 1. The van der Waals surface area contributed by atoms with Gasteiger partial charge < -0.3 is 5.11 Å². The Morgan fingerprint density at radius 2 is 2.26 bits per heavy atom. The van der Waals surface area contributed by atoms with Gasteiger partial charge >= 0.3 is 0 Å². The Labute approximate surface area is 118 Å². The van der Waals surface area contributed by atoms with Crippen LogP contribution in [0.15, 0.2) is 24.3 Å². The molecule has 0 bridgehead atoms. The highest BCUT2D eigenvalue weighted by atomic mass is 32.2. The van der Waals surface area contributed by atoms with Crippen molar-refractivity contribution < 1.29 is 5.11 Å². The van der Waals surface area contributed by atoms with Crippen LogP contribution < -0.4 is 0 Å². The van der Waals surface area contributed by atoms with Crippen molar-refractivity contribution in [2.75, 3.05) is 5.75 Å². The van der Waals surface area contributed by atoms with E-state index in [1.165, 1.54) is 10.9 Å². The summed E-state index contributed by atoms with van der Waals surface area (Å²) in [5.41, 5.74) is 1.62. The van der Waals surface area contributed by atoms with Crippen LogP contribution in [0.2, 0.25) is 0 Å². The van der Waals surface area contributed by atoms with E-state index in [2.05, 4.69) is 31.1 Å². The van der Waals surface area contributed by atoms with E-state index in [0.717, 1.165) is 24.4 Å². The maximum absolute atomic E-state index is 10.7. The minimum absolute atomic E-state index is 0.546. The number of aryl methyl sites for hydroxylation is 1. The zero-order valence-corrected chi connectivity index (χ0v) is 12.3. The van der Waals surface area contributed by atoms with Crippen molar-refractivity contribution in [1.82, 2.24) is 9.78 Å². The second kappa shape index (κ2) is 4.84. The topological polar surface area (TPSA) is 38.0 Å². The van der Waals surface area contributed by atoms with Gasteiger partial charge in [0.1, 0.15) is 0 Å². The molecule has 2 atom stereocenters. The monoisotopic (exact) mass is 276 g/mol. The first-order valence-corrected chi connectivity index (χ1v) is 7.94. The van der Waals surface area contributed by atoms with Crippen LogP contribution >= 0.6 is 11.8 Å². The summed E-state index contributed by atoms with van der Waals surface area (Å²) in [6.07, 6.45) is 1.53. The molecule has 1 aromatic carbocycles. The minimum Gasteiger partial charge on any atom is -0.389 e. The summed E-state index contributed by atoms with van der Waals surface area (Å²) in [7, 11) is 0. The highest BCUT2D eigenvalue weighted by molar-refractivity contribution is 8.00. The Morgan fingerprint density at radius 3 is 2.95 bits per heavy atom. The highest BCUT2D eigenvalue weighted by Crippen LogP contribution is 2.37. The van der Waals surface area contributed by atoms with Crippen LogP contribution in [0.1, 0.15) is 26.0 Å². The quantitative estimate of drug-likeness (QED) is 0.937. The first-order chi connectivity index (χ1) is 9.11. The van der Waals surface area contributed by atoms with Crippen LogP contribution in [0.5, 0.6) is 0 Å². The predicted octanol–water partition coefficient (Wildman–Crippen LogP) is 2.86. The fourth-order valence-electron chi connectivity index (χ4n) is 2.95. The first-order valence-electron chi connectivity index (χ1n) is 6.90. The van der Waals surface area contributed by atoms with E-state index in [9.17, 15) is 5.11 Å². The molecular formula is C15H20N2OS. The SMILES string of the molecule is CCn1nc(CC2(O)CSC(C)C2)c2ccccc21. The Morgan fingerprint density at radius 1 is 1.47 bits per heavy atom. The molecule has 1 fully saturated rings. The number of rotatable bonds is 3. The van der Waals surface area contributed by atoms with Crippen molar-refractivity contribution in [2.45, 2.75) is 44.1 Å². The Balaban J connectivity index is 1.97. The van der Waals surface area contributed by atoms with E-state index in [1.54, 1.807) is 0 Å². The van der Waals surface area contributed by atoms with Gasteiger partial charge in [0.2, 0.25) is 0 Å². The van der Waals surface area contributed by atoms with Gasteiger partial charge in [0.15, 0.2) is 0 Å². The Bertz CT molecular complexity index is 595. The lowest BCUT2D eigenvalue weighted by molar-refractivity contribution is 0.0634. The molecule has 1 aliphatic rings. The van der Waals surface area contributed by atoms with Crippen molar-refractivity contribution >= 4 is 22.7 Å². The van der Waals surface area contributed by atoms with E-state index in [-0.39, 0.29) is 0 Å². The van der Waals surface area contributed by atoms with Gasteiger partial charge in [0.05, 0.1) is 16.8 Å². The highest BCUT2D eigenvalue weighted by Gasteiger charge is 2.37. The zero-order valence-electron chi connectivity index (χ0n) is 11.5. The molecule has 0 aliphatic carbocycles. The van der Waals surface area contributed by atoms with Gasteiger partial charge in [-0.3, -0.25) is 4.68 Å². The number of aromatic nitrogens is 2. The van der Waals surface area contributed by atoms with E-state index in [1.807, 2.05) is 28.6 Å². The molecule has 3 rings (SSSR count). The second-order valence-electron chi connectivity index (χ2n) is 5.51. The van der Waals surface area contributed by atoms with Gasteiger partial charge in [0.25, 0.3) is 0 Å². The molecule has 2 unspecified atom stereocenters. The number of thioether (sulfide) groups is 1. The van der Waals surface area contributed by atoms with E-state index in [4.69, 9.17) is 0 Å². The average Bonchev–Trinajstić information content (AvgIpc) is 2.91. The zero-order chi connectivity index (χ0) is 13.5. The van der Waals surface area contributed by atoms with Crippen LogP contribution in [0.25, 0.3) is 10.9 Å². The van der Waals surface area contributed by atoms with Crippen molar-refractivity contribution in [3.8, 4) is 0 Å². The molecule has 0 spiro atoms. The summed E-state index contributed by atoms with van der Waals surface area (Å²) in [6.45, 7) is 5.15. The van der Waals surface area contributed by atoms with Crippen molar-refractivity contribution in [2.24, 2.45) is 0 Å². The number of hydrogen-bond donors (Lipinski definition) is 1. The van der Waals surface area contributed by atoms with Crippen LogP contribution in [0.4, 0.5) is 0 Å². The van der Waals surface area contributed by atoms with Gasteiger partial charge in [-0.15, -0.1) is 0 Å². The molecule has 3 nitrogen and oxygen atoms in total. The third kappa shape index (κ3) is 2.39. The average molecular weight is 276 g/mol. The van der Waals surface area contributed by atoms with E-state index >= 15 is 0 Å². The van der Waals surface area contributed by atoms with Gasteiger partial charge in [-0.2, -0.15) is 16.9 Å². The van der Waals surface area contributed by atoms with Gasteiger partial charge in [0, 0.05) is 29.4 Å². The molecule has 2 aromatic rings. The Kier molecular flexibility index (Phi) is 3.31. The van der Waals surface area contributed by atoms with E-state index in [0.29, 0.717) is 11.7 Å².